The maximum Gasteiger partial charge on any atom is 0.249 e. The van der Waals surface area contributed by atoms with Gasteiger partial charge in [0.05, 0.1) is 15.9 Å². The van der Waals surface area contributed by atoms with Gasteiger partial charge in [0, 0.05) is 29.1 Å². The molecule has 1 radical (unpaired) electrons. The number of hydrogen-bond acceptors (Lipinski definition) is 3. The standard InChI is InChI=1S/C21H17N2O3S/c1-27(25,26)15-7-4-6-14(12-15)13-23-18-10-3-2-8-16(18)20-17(21(22)24)9-5-11-19(20)23/h2-7,9-12H,13H2,1H3,(H2,22,24). The molecule has 4 aromatic rings. The fraction of sp³-hybridized carbons (Fsp3) is 0.0952. The molecule has 135 valence electrons. The number of carbonyl (C=O) groups is 1. The van der Waals surface area contributed by atoms with E-state index in [9.17, 15) is 13.2 Å². The van der Waals surface area contributed by atoms with Crippen molar-refractivity contribution in [3.8, 4) is 0 Å². The van der Waals surface area contributed by atoms with E-state index in [0.717, 1.165) is 27.4 Å². The second kappa shape index (κ2) is 6.25. The maximum absolute atomic E-state index is 11.9. The first-order chi connectivity index (χ1) is 12.9. The molecule has 0 aliphatic carbocycles. The molecule has 0 atom stereocenters. The van der Waals surface area contributed by atoms with Gasteiger partial charge in [0.1, 0.15) is 0 Å². The van der Waals surface area contributed by atoms with Crippen molar-refractivity contribution in [2.45, 2.75) is 11.4 Å². The molecule has 2 N–H and O–H groups in total. The monoisotopic (exact) mass is 377 g/mol. The second-order valence-corrected chi connectivity index (χ2v) is 8.52. The summed E-state index contributed by atoms with van der Waals surface area (Å²) in [4.78, 5) is 12.2. The van der Waals surface area contributed by atoms with Crippen LogP contribution in [0.4, 0.5) is 0 Å². The Morgan fingerprint density at radius 1 is 1.07 bits per heavy atom. The van der Waals surface area contributed by atoms with Gasteiger partial charge in [-0.3, -0.25) is 4.79 Å². The average Bonchev–Trinajstić information content (AvgIpc) is 2.95. The van der Waals surface area contributed by atoms with Crippen LogP contribution < -0.4 is 5.73 Å². The Morgan fingerprint density at radius 3 is 2.56 bits per heavy atom. The number of carbonyl (C=O) groups excluding carboxylic acids is 1. The molecule has 1 heterocycles. The molecule has 27 heavy (non-hydrogen) atoms. The summed E-state index contributed by atoms with van der Waals surface area (Å²) in [6.45, 7) is 0.462. The topological polar surface area (TPSA) is 82.2 Å². The fourth-order valence-electron chi connectivity index (χ4n) is 3.44. The number of sulfone groups is 1. The highest BCUT2D eigenvalue weighted by molar-refractivity contribution is 7.90. The van der Waals surface area contributed by atoms with Gasteiger partial charge < -0.3 is 10.3 Å². The number of nitrogens with zero attached hydrogens (tertiary/aromatic N) is 1. The van der Waals surface area contributed by atoms with Crippen molar-refractivity contribution in [2.24, 2.45) is 5.73 Å². The molecule has 3 aromatic carbocycles. The Morgan fingerprint density at radius 2 is 1.81 bits per heavy atom. The average molecular weight is 377 g/mol. The molecule has 0 fully saturated rings. The van der Waals surface area contributed by atoms with Gasteiger partial charge in [-0.2, -0.15) is 0 Å². The molecule has 0 saturated heterocycles. The lowest BCUT2D eigenvalue weighted by Gasteiger charge is -2.09. The molecule has 0 aliphatic heterocycles. The van der Waals surface area contributed by atoms with Gasteiger partial charge in [-0.25, -0.2) is 8.42 Å². The van der Waals surface area contributed by atoms with Gasteiger partial charge in [0.2, 0.25) is 5.91 Å². The smallest absolute Gasteiger partial charge is 0.249 e. The summed E-state index contributed by atoms with van der Waals surface area (Å²) < 4.78 is 25.8. The number of aromatic nitrogens is 1. The van der Waals surface area contributed by atoms with Crippen LogP contribution in [0.2, 0.25) is 0 Å². The normalized spacial score (nSPS) is 11.9. The molecular formula is C21H17N2O3S. The zero-order chi connectivity index (χ0) is 19.2. The molecule has 0 aliphatic rings. The van der Waals surface area contributed by atoms with Crippen LogP contribution in [0.3, 0.4) is 0 Å². The Kier molecular flexibility index (Phi) is 4.00. The predicted molar refractivity (Wildman–Crippen MR) is 105 cm³/mol. The lowest BCUT2D eigenvalue weighted by Crippen LogP contribution is -2.11. The van der Waals surface area contributed by atoms with E-state index in [2.05, 4.69) is 10.6 Å². The molecule has 1 aromatic heterocycles. The van der Waals surface area contributed by atoms with Crippen LogP contribution >= 0.6 is 0 Å². The lowest BCUT2D eigenvalue weighted by molar-refractivity contribution is 0.100. The summed E-state index contributed by atoms with van der Waals surface area (Å²) in [6, 6.07) is 21.2. The van der Waals surface area contributed by atoms with Crippen LogP contribution in [0.25, 0.3) is 21.8 Å². The van der Waals surface area contributed by atoms with E-state index in [0.29, 0.717) is 12.1 Å². The van der Waals surface area contributed by atoms with Crippen LogP contribution in [0.15, 0.2) is 65.6 Å². The Balaban J connectivity index is 1.97. The van der Waals surface area contributed by atoms with Crippen molar-refractivity contribution < 1.29 is 13.2 Å². The largest absolute Gasteiger partial charge is 0.366 e. The first-order valence-corrected chi connectivity index (χ1v) is 10.3. The van der Waals surface area contributed by atoms with E-state index in [1.165, 1.54) is 6.26 Å². The molecule has 0 saturated carbocycles. The van der Waals surface area contributed by atoms with E-state index < -0.39 is 15.7 Å². The first-order valence-electron chi connectivity index (χ1n) is 8.36. The van der Waals surface area contributed by atoms with Gasteiger partial charge >= 0.3 is 0 Å². The van der Waals surface area contributed by atoms with Crippen molar-refractivity contribution in [1.82, 2.24) is 4.57 Å². The predicted octanol–water partition coefficient (Wildman–Crippen LogP) is 3.15. The zero-order valence-electron chi connectivity index (χ0n) is 14.6. The number of hydrogen-bond donors (Lipinski definition) is 1. The van der Waals surface area contributed by atoms with Gasteiger partial charge in [0.25, 0.3) is 0 Å². The van der Waals surface area contributed by atoms with Crippen molar-refractivity contribution in [2.75, 3.05) is 6.26 Å². The van der Waals surface area contributed by atoms with Gasteiger partial charge in [-0.15, -0.1) is 0 Å². The highest BCUT2D eigenvalue weighted by atomic mass is 32.2. The highest BCUT2D eigenvalue weighted by Gasteiger charge is 2.16. The van der Waals surface area contributed by atoms with E-state index in [1.807, 2.05) is 24.3 Å². The Hall–Kier alpha value is -3.12. The number of primary amides is 1. The van der Waals surface area contributed by atoms with E-state index in [-0.39, 0.29) is 4.90 Å². The molecule has 5 nitrogen and oxygen atoms in total. The number of amides is 1. The lowest BCUT2D eigenvalue weighted by atomic mass is 10.1. The van der Waals surface area contributed by atoms with Crippen LogP contribution in [0, 0.1) is 6.07 Å². The van der Waals surface area contributed by atoms with Crippen molar-refractivity contribution >= 4 is 37.6 Å². The van der Waals surface area contributed by atoms with E-state index >= 15 is 0 Å². The third kappa shape index (κ3) is 2.98. The third-order valence-corrected chi connectivity index (χ3v) is 5.75. The molecule has 4 rings (SSSR count). The van der Waals surface area contributed by atoms with Gasteiger partial charge in [0.15, 0.2) is 9.84 Å². The minimum Gasteiger partial charge on any atom is -0.366 e. The number of nitrogens with two attached hydrogens (primary N) is 1. The highest BCUT2D eigenvalue weighted by Crippen LogP contribution is 2.32. The fourth-order valence-corrected chi connectivity index (χ4v) is 4.13. The minimum atomic E-state index is -3.28. The molecule has 0 spiro atoms. The molecule has 0 unspecified atom stereocenters. The number of rotatable bonds is 4. The van der Waals surface area contributed by atoms with Crippen LogP contribution in [-0.4, -0.2) is 25.1 Å². The van der Waals surface area contributed by atoms with Crippen LogP contribution in [-0.2, 0) is 16.4 Å². The van der Waals surface area contributed by atoms with Crippen molar-refractivity contribution in [3.05, 3.63) is 77.9 Å². The SMILES string of the molecule is CS(=O)(=O)c1cccc(Cn2c3ccc[c]c3c3c(C(N)=O)cccc32)c1. The van der Waals surface area contributed by atoms with Crippen LogP contribution in [0.5, 0.6) is 0 Å². The van der Waals surface area contributed by atoms with Crippen molar-refractivity contribution in [3.63, 3.8) is 0 Å². The minimum absolute atomic E-state index is 0.283. The van der Waals surface area contributed by atoms with Gasteiger partial charge in [-0.05, 0) is 42.0 Å². The summed E-state index contributed by atoms with van der Waals surface area (Å²) in [5, 5.41) is 1.58. The quantitative estimate of drug-likeness (QED) is 0.593. The molecule has 6 heteroatoms. The molecule has 0 bridgehead atoms. The summed E-state index contributed by atoms with van der Waals surface area (Å²) in [5.41, 5.74) is 8.63. The Labute approximate surface area is 156 Å². The molecular weight excluding hydrogens is 360 g/mol. The van der Waals surface area contributed by atoms with Gasteiger partial charge in [-0.1, -0.05) is 30.3 Å². The Bertz CT molecular complexity index is 1300. The third-order valence-electron chi connectivity index (χ3n) is 4.64. The van der Waals surface area contributed by atoms with Crippen molar-refractivity contribution in [1.29, 1.82) is 0 Å². The molecule has 1 amide bonds. The summed E-state index contributed by atoms with van der Waals surface area (Å²) in [7, 11) is -3.28. The van der Waals surface area contributed by atoms with E-state index in [4.69, 9.17) is 5.73 Å². The van der Waals surface area contributed by atoms with Crippen LogP contribution in [0.1, 0.15) is 15.9 Å². The maximum atomic E-state index is 11.9. The second-order valence-electron chi connectivity index (χ2n) is 6.50. The number of fused-ring (bicyclic) bond motifs is 3. The zero-order valence-corrected chi connectivity index (χ0v) is 15.5. The first kappa shape index (κ1) is 17.3. The number of benzene rings is 3. The van der Waals surface area contributed by atoms with E-state index in [1.54, 1.807) is 36.4 Å². The summed E-state index contributed by atoms with van der Waals surface area (Å²) in [5.74, 6) is -0.490. The summed E-state index contributed by atoms with van der Waals surface area (Å²) >= 11 is 0. The summed E-state index contributed by atoms with van der Waals surface area (Å²) in [6.07, 6.45) is 1.20.